The monoisotopic (exact) mass is 840 g/mol. The lowest BCUT2D eigenvalue weighted by molar-refractivity contribution is -0.151. The summed E-state index contributed by atoms with van der Waals surface area (Å²) in [6.45, 7) is 6.37. The summed E-state index contributed by atoms with van der Waals surface area (Å²) in [6, 6.07) is -0.717. The van der Waals surface area contributed by atoms with E-state index in [1.54, 1.807) is 0 Å². The molecule has 3 atom stereocenters. The number of unbranched alkanes of at least 4 members (excludes halogenated alkanes) is 26. The maximum atomic E-state index is 13.2. The SMILES string of the molecule is CCC/C=C\CCCCCCCC(=O)OC(CCCCC/C=C/C=C/C=C/C=C/CCCCC)CC(=O)NC(CO)C(O)CCCCCCCCCCCCCCCCC. The molecule has 3 N–H and O–H groups in total. The molecule has 0 aliphatic heterocycles. The van der Waals surface area contributed by atoms with E-state index in [2.05, 4.69) is 80.8 Å². The second-order valence-electron chi connectivity index (χ2n) is 17.3. The van der Waals surface area contributed by atoms with E-state index < -0.39 is 18.2 Å². The summed E-state index contributed by atoms with van der Waals surface area (Å²) < 4.78 is 5.90. The van der Waals surface area contributed by atoms with Crippen molar-refractivity contribution in [1.29, 1.82) is 0 Å². The molecule has 0 saturated carbocycles. The number of aliphatic hydroxyl groups excluding tert-OH is 2. The van der Waals surface area contributed by atoms with Crippen molar-refractivity contribution in [2.24, 2.45) is 0 Å². The van der Waals surface area contributed by atoms with Crippen LogP contribution in [0.25, 0.3) is 0 Å². The number of amides is 1. The second-order valence-corrected chi connectivity index (χ2v) is 17.3. The summed E-state index contributed by atoms with van der Waals surface area (Å²) >= 11 is 0. The van der Waals surface area contributed by atoms with E-state index in [1.807, 2.05) is 6.08 Å². The second kappa shape index (κ2) is 47.6. The minimum atomic E-state index is -0.801. The van der Waals surface area contributed by atoms with Crippen LogP contribution in [-0.2, 0) is 14.3 Å². The average molecular weight is 840 g/mol. The van der Waals surface area contributed by atoms with Crippen LogP contribution in [-0.4, -0.2) is 46.9 Å². The van der Waals surface area contributed by atoms with Crippen LogP contribution < -0.4 is 5.32 Å². The van der Waals surface area contributed by atoms with Crippen molar-refractivity contribution >= 4 is 11.9 Å². The lowest BCUT2D eigenvalue weighted by Crippen LogP contribution is -2.46. The first-order valence-corrected chi connectivity index (χ1v) is 25.6. The Bertz CT molecular complexity index is 1080. The Kier molecular flexibility index (Phi) is 45.7. The molecule has 1 amide bonds. The Balaban J connectivity index is 4.63. The summed E-state index contributed by atoms with van der Waals surface area (Å²) in [5.74, 6) is -0.524. The molecule has 0 aromatic carbocycles. The number of carbonyl (C=O) groups excluding carboxylic acids is 2. The highest BCUT2D eigenvalue weighted by Crippen LogP contribution is 2.17. The third-order valence-corrected chi connectivity index (χ3v) is 11.4. The van der Waals surface area contributed by atoms with Gasteiger partial charge in [0.05, 0.1) is 25.2 Å². The van der Waals surface area contributed by atoms with Crippen molar-refractivity contribution in [2.45, 2.75) is 264 Å². The van der Waals surface area contributed by atoms with E-state index in [9.17, 15) is 19.8 Å². The van der Waals surface area contributed by atoms with Gasteiger partial charge < -0.3 is 20.3 Å². The van der Waals surface area contributed by atoms with Gasteiger partial charge in [-0.2, -0.15) is 0 Å². The fourth-order valence-corrected chi connectivity index (χ4v) is 7.50. The van der Waals surface area contributed by atoms with Crippen molar-refractivity contribution in [2.75, 3.05) is 6.61 Å². The van der Waals surface area contributed by atoms with Gasteiger partial charge in [-0.25, -0.2) is 0 Å². The number of rotatable bonds is 45. The molecular formula is C54H97NO5. The Morgan fingerprint density at radius 2 is 0.900 bits per heavy atom. The maximum absolute atomic E-state index is 13.2. The number of hydrogen-bond acceptors (Lipinski definition) is 5. The van der Waals surface area contributed by atoms with Crippen LogP contribution >= 0.6 is 0 Å². The van der Waals surface area contributed by atoms with Crippen LogP contribution in [0.4, 0.5) is 0 Å². The van der Waals surface area contributed by atoms with Gasteiger partial charge in [-0.3, -0.25) is 9.59 Å². The van der Waals surface area contributed by atoms with Crippen molar-refractivity contribution in [1.82, 2.24) is 5.32 Å². The van der Waals surface area contributed by atoms with Crippen molar-refractivity contribution in [3.63, 3.8) is 0 Å². The van der Waals surface area contributed by atoms with E-state index in [1.165, 1.54) is 116 Å². The van der Waals surface area contributed by atoms with Gasteiger partial charge in [-0.15, -0.1) is 0 Å². The number of esters is 1. The zero-order valence-corrected chi connectivity index (χ0v) is 39.6. The number of carbonyl (C=O) groups is 2. The molecular weight excluding hydrogens is 743 g/mol. The predicted octanol–water partition coefficient (Wildman–Crippen LogP) is 15.2. The van der Waals surface area contributed by atoms with Gasteiger partial charge in [0, 0.05) is 6.42 Å². The molecule has 0 heterocycles. The molecule has 0 bridgehead atoms. The summed E-state index contributed by atoms with van der Waals surface area (Å²) in [7, 11) is 0. The van der Waals surface area contributed by atoms with E-state index in [0.29, 0.717) is 19.3 Å². The smallest absolute Gasteiger partial charge is 0.306 e. The molecule has 0 aromatic heterocycles. The van der Waals surface area contributed by atoms with Crippen LogP contribution in [0.1, 0.15) is 245 Å². The number of allylic oxidation sites excluding steroid dienone is 10. The lowest BCUT2D eigenvalue weighted by Gasteiger charge is -2.24. The zero-order valence-electron chi connectivity index (χ0n) is 39.6. The topological polar surface area (TPSA) is 95.9 Å². The Labute approximate surface area is 371 Å². The van der Waals surface area contributed by atoms with Crippen LogP contribution in [0.5, 0.6) is 0 Å². The third kappa shape index (κ3) is 42.3. The molecule has 0 radical (unpaired) electrons. The van der Waals surface area contributed by atoms with E-state index in [0.717, 1.165) is 83.5 Å². The van der Waals surface area contributed by atoms with Crippen molar-refractivity contribution in [3.05, 3.63) is 60.8 Å². The molecule has 3 unspecified atom stereocenters. The van der Waals surface area contributed by atoms with Crippen molar-refractivity contribution < 1.29 is 24.5 Å². The largest absolute Gasteiger partial charge is 0.462 e. The minimum Gasteiger partial charge on any atom is -0.462 e. The minimum absolute atomic E-state index is 0.0472. The standard InChI is InChI=1S/C54H97NO5/c1-4-7-10-13-16-19-22-24-26-28-29-31-33-36-39-42-45-50(60-54(59)47-44-41-38-35-21-18-15-12-9-6-3)48-53(58)55-51(49-56)52(57)46-43-40-37-34-32-30-27-25-23-20-17-14-11-8-5-2/h12,15-16,19,22,24,26,28-29,31,50-52,56-57H,4-11,13-14,17-18,20-21,23,25,27,30,32-49H2,1-3H3,(H,55,58)/b15-12-,19-16+,24-22+,28-26+,31-29+. The van der Waals surface area contributed by atoms with Crippen LogP contribution in [0.2, 0.25) is 0 Å². The molecule has 60 heavy (non-hydrogen) atoms. The van der Waals surface area contributed by atoms with Gasteiger partial charge in [-0.1, -0.05) is 223 Å². The average Bonchev–Trinajstić information content (AvgIpc) is 3.24. The van der Waals surface area contributed by atoms with Gasteiger partial charge in [0.25, 0.3) is 0 Å². The molecule has 348 valence electrons. The van der Waals surface area contributed by atoms with Crippen LogP contribution in [0, 0.1) is 0 Å². The first-order chi connectivity index (χ1) is 29.5. The zero-order chi connectivity index (χ0) is 43.8. The fraction of sp³-hybridized carbons (Fsp3) is 0.778. The van der Waals surface area contributed by atoms with E-state index in [4.69, 9.17) is 4.74 Å². The summed E-state index contributed by atoms with van der Waals surface area (Å²) in [6.07, 6.45) is 58.5. The van der Waals surface area contributed by atoms with Crippen molar-refractivity contribution in [3.8, 4) is 0 Å². The van der Waals surface area contributed by atoms with Crippen LogP contribution in [0.15, 0.2) is 60.8 Å². The third-order valence-electron chi connectivity index (χ3n) is 11.4. The fourth-order valence-electron chi connectivity index (χ4n) is 7.50. The van der Waals surface area contributed by atoms with E-state index >= 15 is 0 Å². The lowest BCUT2D eigenvalue weighted by atomic mass is 10.0. The normalized spacial score (nSPS) is 13.8. The highest BCUT2D eigenvalue weighted by atomic mass is 16.5. The number of ether oxygens (including phenoxy) is 1. The summed E-state index contributed by atoms with van der Waals surface area (Å²) in [5, 5.41) is 23.8. The number of hydrogen-bond donors (Lipinski definition) is 3. The quantitative estimate of drug-likeness (QED) is 0.0246. The Hall–Kier alpha value is -2.44. The maximum Gasteiger partial charge on any atom is 0.306 e. The van der Waals surface area contributed by atoms with E-state index in [-0.39, 0.29) is 24.9 Å². The molecule has 0 aliphatic rings. The predicted molar refractivity (Wildman–Crippen MR) is 259 cm³/mol. The molecule has 0 saturated heterocycles. The molecule has 0 fully saturated rings. The number of nitrogens with one attached hydrogen (secondary N) is 1. The Morgan fingerprint density at radius 3 is 1.45 bits per heavy atom. The molecule has 6 nitrogen and oxygen atoms in total. The number of aliphatic hydroxyl groups is 2. The van der Waals surface area contributed by atoms with Crippen LogP contribution in [0.3, 0.4) is 0 Å². The molecule has 0 rings (SSSR count). The highest BCUT2D eigenvalue weighted by molar-refractivity contribution is 5.77. The van der Waals surface area contributed by atoms with Gasteiger partial charge in [0.1, 0.15) is 6.10 Å². The molecule has 0 aromatic rings. The molecule has 0 aliphatic carbocycles. The molecule has 0 spiro atoms. The van der Waals surface area contributed by atoms with Gasteiger partial charge >= 0.3 is 5.97 Å². The van der Waals surface area contributed by atoms with Gasteiger partial charge in [0.2, 0.25) is 5.91 Å². The van der Waals surface area contributed by atoms with Gasteiger partial charge in [-0.05, 0) is 70.6 Å². The summed E-state index contributed by atoms with van der Waals surface area (Å²) in [5.41, 5.74) is 0. The first-order valence-electron chi connectivity index (χ1n) is 25.6. The summed E-state index contributed by atoms with van der Waals surface area (Å²) in [4.78, 5) is 26.1. The highest BCUT2D eigenvalue weighted by Gasteiger charge is 2.24. The molecule has 6 heteroatoms. The first kappa shape index (κ1) is 57.6. The van der Waals surface area contributed by atoms with Gasteiger partial charge in [0.15, 0.2) is 0 Å². The Morgan fingerprint density at radius 1 is 0.483 bits per heavy atom.